The maximum absolute atomic E-state index is 4.50. The molecule has 0 fully saturated rings. The van der Waals surface area contributed by atoms with E-state index in [1.807, 2.05) is 13.8 Å². The minimum absolute atomic E-state index is 0.384. The van der Waals surface area contributed by atoms with E-state index in [9.17, 15) is 0 Å². The molecule has 4 nitrogen and oxygen atoms in total. The SMILES string of the molecule is Cc1nc(C)n(C(CNCC(C)C)C(C)C)n1. The van der Waals surface area contributed by atoms with Crippen LogP contribution in [0.4, 0.5) is 0 Å². The van der Waals surface area contributed by atoms with Gasteiger partial charge in [-0.25, -0.2) is 9.67 Å². The first-order valence-corrected chi connectivity index (χ1v) is 6.52. The van der Waals surface area contributed by atoms with E-state index in [0.717, 1.165) is 24.7 Å². The minimum atomic E-state index is 0.384. The van der Waals surface area contributed by atoms with Gasteiger partial charge in [0.15, 0.2) is 0 Å². The second-order valence-corrected chi connectivity index (χ2v) is 5.51. The van der Waals surface area contributed by atoms with Crippen LogP contribution >= 0.6 is 0 Å². The fourth-order valence-corrected chi connectivity index (χ4v) is 1.97. The summed E-state index contributed by atoms with van der Waals surface area (Å²) in [7, 11) is 0. The molecule has 17 heavy (non-hydrogen) atoms. The van der Waals surface area contributed by atoms with Gasteiger partial charge >= 0.3 is 0 Å². The van der Waals surface area contributed by atoms with Crippen LogP contribution in [-0.2, 0) is 0 Å². The van der Waals surface area contributed by atoms with E-state index in [1.165, 1.54) is 0 Å². The molecule has 1 unspecified atom stereocenters. The first-order valence-electron chi connectivity index (χ1n) is 6.52. The summed E-state index contributed by atoms with van der Waals surface area (Å²) in [4.78, 5) is 4.38. The molecule has 0 amide bonds. The third-order valence-electron chi connectivity index (χ3n) is 2.90. The Morgan fingerprint density at radius 2 is 1.76 bits per heavy atom. The Labute approximate surface area is 105 Å². The highest BCUT2D eigenvalue weighted by Crippen LogP contribution is 2.17. The number of nitrogens with zero attached hydrogens (tertiary/aromatic N) is 3. The predicted octanol–water partition coefficient (Wildman–Crippen LogP) is 2.34. The van der Waals surface area contributed by atoms with Gasteiger partial charge in [-0.05, 0) is 32.2 Å². The van der Waals surface area contributed by atoms with Gasteiger partial charge in [0.25, 0.3) is 0 Å². The molecule has 1 atom stereocenters. The van der Waals surface area contributed by atoms with Crippen LogP contribution in [0.25, 0.3) is 0 Å². The Morgan fingerprint density at radius 3 is 2.18 bits per heavy atom. The Morgan fingerprint density at radius 1 is 1.12 bits per heavy atom. The molecule has 0 spiro atoms. The molecular formula is C13H26N4. The van der Waals surface area contributed by atoms with E-state index in [-0.39, 0.29) is 0 Å². The third kappa shape index (κ3) is 4.11. The van der Waals surface area contributed by atoms with Crippen LogP contribution in [-0.4, -0.2) is 27.9 Å². The summed E-state index contributed by atoms with van der Waals surface area (Å²) in [5.74, 6) is 3.10. The number of aryl methyl sites for hydroxylation is 2. The lowest BCUT2D eigenvalue weighted by Crippen LogP contribution is -2.32. The topological polar surface area (TPSA) is 42.7 Å². The number of hydrogen-bond acceptors (Lipinski definition) is 3. The quantitative estimate of drug-likeness (QED) is 0.827. The molecule has 1 aromatic heterocycles. The van der Waals surface area contributed by atoms with Crippen molar-refractivity contribution < 1.29 is 0 Å². The van der Waals surface area contributed by atoms with Crippen LogP contribution in [0.2, 0.25) is 0 Å². The van der Waals surface area contributed by atoms with Gasteiger partial charge in [-0.2, -0.15) is 5.10 Å². The molecule has 0 aliphatic carbocycles. The van der Waals surface area contributed by atoms with Crippen LogP contribution < -0.4 is 5.32 Å². The fraction of sp³-hybridized carbons (Fsp3) is 0.846. The van der Waals surface area contributed by atoms with E-state index in [2.05, 4.69) is 47.8 Å². The van der Waals surface area contributed by atoms with Gasteiger partial charge in [-0.3, -0.25) is 0 Å². The van der Waals surface area contributed by atoms with Crippen molar-refractivity contribution in [3.63, 3.8) is 0 Å². The average molecular weight is 238 g/mol. The van der Waals surface area contributed by atoms with Crippen molar-refractivity contribution in [1.82, 2.24) is 20.1 Å². The number of hydrogen-bond donors (Lipinski definition) is 1. The molecule has 0 radical (unpaired) electrons. The highest BCUT2D eigenvalue weighted by atomic mass is 15.4. The Kier molecular flexibility index (Phi) is 5.12. The van der Waals surface area contributed by atoms with Crippen LogP contribution in [0.1, 0.15) is 45.4 Å². The van der Waals surface area contributed by atoms with Crippen molar-refractivity contribution in [2.45, 2.75) is 47.6 Å². The van der Waals surface area contributed by atoms with Crippen LogP contribution in [0.5, 0.6) is 0 Å². The summed E-state index contributed by atoms with van der Waals surface area (Å²) < 4.78 is 2.06. The van der Waals surface area contributed by atoms with E-state index in [4.69, 9.17) is 0 Å². The minimum Gasteiger partial charge on any atom is -0.314 e. The zero-order valence-electron chi connectivity index (χ0n) is 12.0. The number of rotatable bonds is 6. The van der Waals surface area contributed by atoms with Gasteiger partial charge in [0, 0.05) is 6.54 Å². The summed E-state index contributed by atoms with van der Waals surface area (Å²) >= 11 is 0. The number of aromatic nitrogens is 3. The van der Waals surface area contributed by atoms with Crippen molar-refractivity contribution in [3.05, 3.63) is 11.6 Å². The smallest absolute Gasteiger partial charge is 0.147 e. The molecule has 98 valence electrons. The maximum Gasteiger partial charge on any atom is 0.147 e. The van der Waals surface area contributed by atoms with Crippen molar-refractivity contribution in [1.29, 1.82) is 0 Å². The van der Waals surface area contributed by atoms with Gasteiger partial charge in [0.1, 0.15) is 11.6 Å². The monoisotopic (exact) mass is 238 g/mol. The van der Waals surface area contributed by atoms with Gasteiger partial charge in [0.2, 0.25) is 0 Å². The van der Waals surface area contributed by atoms with E-state index < -0.39 is 0 Å². The molecule has 0 saturated heterocycles. The molecule has 1 rings (SSSR count). The van der Waals surface area contributed by atoms with E-state index >= 15 is 0 Å². The Bertz CT molecular complexity index is 341. The van der Waals surface area contributed by atoms with E-state index in [1.54, 1.807) is 0 Å². The van der Waals surface area contributed by atoms with Gasteiger partial charge in [-0.1, -0.05) is 27.7 Å². The normalized spacial score (nSPS) is 13.6. The summed E-state index contributed by atoms with van der Waals surface area (Å²) in [5.41, 5.74) is 0. The lowest BCUT2D eigenvalue weighted by atomic mass is 10.0. The predicted molar refractivity (Wildman–Crippen MR) is 71.1 cm³/mol. The molecule has 4 heteroatoms. The lowest BCUT2D eigenvalue weighted by Gasteiger charge is -2.23. The first kappa shape index (κ1) is 14.2. The molecule has 0 bridgehead atoms. The molecule has 1 aromatic rings. The van der Waals surface area contributed by atoms with Gasteiger partial charge in [0.05, 0.1) is 6.04 Å². The molecular weight excluding hydrogens is 212 g/mol. The maximum atomic E-state index is 4.50. The summed E-state index contributed by atoms with van der Waals surface area (Å²) in [5, 5.41) is 8.01. The van der Waals surface area contributed by atoms with Crippen LogP contribution in [0.15, 0.2) is 0 Å². The highest BCUT2D eigenvalue weighted by molar-refractivity contribution is 4.91. The van der Waals surface area contributed by atoms with Gasteiger partial charge < -0.3 is 5.32 Å². The second kappa shape index (κ2) is 6.15. The largest absolute Gasteiger partial charge is 0.314 e. The van der Waals surface area contributed by atoms with Crippen LogP contribution in [0, 0.1) is 25.7 Å². The molecule has 0 aliphatic heterocycles. The standard InChI is InChI=1S/C13H26N4/c1-9(2)7-14-8-13(10(3)4)17-12(6)15-11(5)16-17/h9-10,13-14H,7-8H2,1-6H3. The molecule has 1 N–H and O–H groups in total. The van der Waals surface area contributed by atoms with E-state index in [0.29, 0.717) is 17.9 Å². The van der Waals surface area contributed by atoms with Gasteiger partial charge in [-0.15, -0.1) is 0 Å². The number of nitrogens with one attached hydrogen (secondary N) is 1. The fourth-order valence-electron chi connectivity index (χ4n) is 1.97. The summed E-state index contributed by atoms with van der Waals surface area (Å²) in [6.45, 7) is 14.9. The van der Waals surface area contributed by atoms with Crippen molar-refractivity contribution in [3.8, 4) is 0 Å². The lowest BCUT2D eigenvalue weighted by molar-refractivity contribution is 0.318. The van der Waals surface area contributed by atoms with Crippen molar-refractivity contribution >= 4 is 0 Å². The Balaban J connectivity index is 2.69. The summed E-state index contributed by atoms with van der Waals surface area (Å²) in [6.07, 6.45) is 0. The second-order valence-electron chi connectivity index (χ2n) is 5.51. The van der Waals surface area contributed by atoms with Crippen LogP contribution in [0.3, 0.4) is 0 Å². The Hall–Kier alpha value is -0.900. The molecule has 1 heterocycles. The highest BCUT2D eigenvalue weighted by Gasteiger charge is 2.18. The third-order valence-corrected chi connectivity index (χ3v) is 2.90. The van der Waals surface area contributed by atoms with Crippen molar-refractivity contribution in [2.75, 3.05) is 13.1 Å². The zero-order valence-corrected chi connectivity index (χ0v) is 12.0. The first-order chi connectivity index (χ1) is 7.91. The molecule has 0 aromatic carbocycles. The molecule has 0 aliphatic rings. The molecule has 0 saturated carbocycles. The summed E-state index contributed by atoms with van der Waals surface area (Å²) in [6, 6.07) is 0.384. The van der Waals surface area contributed by atoms with Crippen molar-refractivity contribution in [2.24, 2.45) is 11.8 Å². The average Bonchev–Trinajstić information content (AvgIpc) is 2.51. The zero-order chi connectivity index (χ0) is 13.0.